The molecule has 0 aliphatic carbocycles. The first-order valence-electron chi connectivity index (χ1n) is 10.5. The highest BCUT2D eigenvalue weighted by Crippen LogP contribution is 2.33. The summed E-state index contributed by atoms with van der Waals surface area (Å²) in [6.07, 6.45) is 3.18. The topological polar surface area (TPSA) is 66.8 Å². The molecule has 2 heterocycles. The Morgan fingerprint density at radius 3 is 2.58 bits per heavy atom. The van der Waals surface area contributed by atoms with Crippen LogP contribution in [0.3, 0.4) is 0 Å². The van der Waals surface area contributed by atoms with E-state index in [1.54, 1.807) is 13.3 Å². The molecule has 0 fully saturated rings. The molecule has 0 radical (unpaired) electrons. The minimum absolute atomic E-state index is 0.129. The average Bonchev–Trinajstić information content (AvgIpc) is 3.29. The fraction of sp³-hybridized carbons (Fsp3) is 0.115. The van der Waals surface area contributed by atoms with Gasteiger partial charge in [-0.1, -0.05) is 35.9 Å². The first kappa shape index (κ1) is 21.0. The van der Waals surface area contributed by atoms with E-state index in [1.165, 1.54) is 5.01 Å². The second kappa shape index (κ2) is 8.92. The quantitative estimate of drug-likeness (QED) is 0.364. The average molecular weight is 457 g/mol. The van der Waals surface area contributed by atoms with Crippen LogP contribution in [0.2, 0.25) is 5.02 Å². The Bertz CT molecular complexity index is 1340. The maximum Gasteiger partial charge on any atom is 0.230 e. The molecular formula is C26H21ClN4O2. The molecule has 1 amide bonds. The maximum atomic E-state index is 11.6. The van der Waals surface area contributed by atoms with Gasteiger partial charge in [-0.2, -0.15) is 5.10 Å². The number of halogens is 1. The number of ether oxygens (including phenoxy) is 1. The summed E-state index contributed by atoms with van der Waals surface area (Å²) >= 11 is 6.09. The predicted molar refractivity (Wildman–Crippen MR) is 131 cm³/mol. The number of hydrogen-bond acceptors (Lipinski definition) is 5. The lowest BCUT2D eigenvalue weighted by Crippen LogP contribution is -2.17. The van der Waals surface area contributed by atoms with Crippen LogP contribution in [0.4, 0.5) is 11.4 Å². The lowest BCUT2D eigenvalue weighted by molar-refractivity contribution is -0.119. The van der Waals surface area contributed by atoms with Crippen LogP contribution in [0.25, 0.3) is 10.9 Å². The molecule has 33 heavy (non-hydrogen) atoms. The standard InChI is InChI=1S/C26H21ClN4O2/c1-33-21-9-4-18(5-10-21)26-15-24(30-31(26)16-32)17-2-7-20(8-3-17)29-23-12-13-28-25-14-19(27)6-11-22(23)25/h2-14,16,26H,15H2,1H3,(H,28,29). The third-order valence-corrected chi connectivity index (χ3v) is 5.99. The number of fused-ring (bicyclic) bond motifs is 1. The fourth-order valence-corrected chi connectivity index (χ4v) is 4.19. The van der Waals surface area contributed by atoms with Gasteiger partial charge in [0.25, 0.3) is 0 Å². The Kier molecular flexibility index (Phi) is 5.67. The smallest absolute Gasteiger partial charge is 0.230 e. The van der Waals surface area contributed by atoms with Gasteiger partial charge in [-0.3, -0.25) is 9.78 Å². The number of nitrogens with one attached hydrogen (secondary N) is 1. The van der Waals surface area contributed by atoms with E-state index in [1.807, 2.05) is 72.8 Å². The van der Waals surface area contributed by atoms with Crippen LogP contribution in [0.1, 0.15) is 23.6 Å². The third kappa shape index (κ3) is 4.25. The maximum absolute atomic E-state index is 11.6. The van der Waals surface area contributed by atoms with Gasteiger partial charge >= 0.3 is 0 Å². The van der Waals surface area contributed by atoms with Gasteiger partial charge in [0.1, 0.15) is 5.75 Å². The van der Waals surface area contributed by atoms with Gasteiger partial charge in [0.05, 0.1) is 24.4 Å². The normalized spacial score (nSPS) is 15.4. The molecule has 1 aliphatic rings. The van der Waals surface area contributed by atoms with E-state index in [0.717, 1.165) is 51.3 Å². The zero-order valence-electron chi connectivity index (χ0n) is 17.9. The number of benzene rings is 3. The molecule has 0 saturated heterocycles. The summed E-state index contributed by atoms with van der Waals surface area (Å²) in [7, 11) is 1.63. The van der Waals surface area contributed by atoms with Crippen molar-refractivity contribution in [3.05, 3.63) is 95.1 Å². The van der Waals surface area contributed by atoms with Crippen molar-refractivity contribution in [1.29, 1.82) is 0 Å². The van der Waals surface area contributed by atoms with Crippen LogP contribution in [-0.4, -0.2) is 29.2 Å². The number of hydrazone groups is 1. The highest BCUT2D eigenvalue weighted by atomic mass is 35.5. The second-order valence-corrected chi connectivity index (χ2v) is 8.18. The van der Waals surface area contributed by atoms with E-state index >= 15 is 0 Å². The Morgan fingerprint density at radius 1 is 1.06 bits per heavy atom. The first-order valence-corrected chi connectivity index (χ1v) is 10.9. The zero-order chi connectivity index (χ0) is 22.8. The Labute approximate surface area is 196 Å². The molecule has 0 bridgehead atoms. The summed E-state index contributed by atoms with van der Waals surface area (Å²) in [5, 5.41) is 11.1. The van der Waals surface area contributed by atoms with Gasteiger partial charge < -0.3 is 10.1 Å². The molecule has 0 saturated carbocycles. The van der Waals surface area contributed by atoms with E-state index in [0.29, 0.717) is 11.4 Å². The van der Waals surface area contributed by atoms with E-state index in [4.69, 9.17) is 16.3 Å². The SMILES string of the molecule is COc1ccc(C2CC(c3ccc(Nc4ccnc5cc(Cl)ccc45)cc3)=NN2C=O)cc1. The summed E-state index contributed by atoms with van der Waals surface area (Å²) in [6.45, 7) is 0. The molecule has 0 spiro atoms. The lowest BCUT2D eigenvalue weighted by atomic mass is 9.98. The van der Waals surface area contributed by atoms with Crippen molar-refractivity contribution >= 4 is 46.0 Å². The molecule has 6 nitrogen and oxygen atoms in total. The van der Waals surface area contributed by atoms with Gasteiger partial charge in [-0.05, 0) is 59.7 Å². The highest BCUT2D eigenvalue weighted by molar-refractivity contribution is 6.31. The molecule has 4 aromatic rings. The molecule has 1 N–H and O–H groups in total. The number of hydrogen-bond donors (Lipinski definition) is 1. The molecule has 3 aromatic carbocycles. The van der Waals surface area contributed by atoms with Crippen LogP contribution in [-0.2, 0) is 4.79 Å². The second-order valence-electron chi connectivity index (χ2n) is 7.75. The van der Waals surface area contributed by atoms with Crippen LogP contribution in [0.15, 0.2) is 84.1 Å². The first-order chi connectivity index (χ1) is 16.1. The number of carbonyl (C=O) groups excluding carboxylic acids is 1. The predicted octanol–water partition coefficient (Wildman–Crippen LogP) is 5.95. The summed E-state index contributed by atoms with van der Waals surface area (Å²) in [5.41, 5.74) is 5.61. The van der Waals surface area contributed by atoms with Crippen LogP contribution >= 0.6 is 11.6 Å². The van der Waals surface area contributed by atoms with Crippen molar-refractivity contribution in [3.8, 4) is 5.75 Å². The zero-order valence-corrected chi connectivity index (χ0v) is 18.7. The minimum Gasteiger partial charge on any atom is -0.497 e. The molecule has 1 unspecified atom stereocenters. The van der Waals surface area contributed by atoms with E-state index in [2.05, 4.69) is 15.4 Å². The molecular weight excluding hydrogens is 436 g/mol. The van der Waals surface area contributed by atoms with E-state index in [9.17, 15) is 4.79 Å². The largest absolute Gasteiger partial charge is 0.497 e. The van der Waals surface area contributed by atoms with Crippen LogP contribution < -0.4 is 10.1 Å². The van der Waals surface area contributed by atoms with Crippen LogP contribution in [0, 0.1) is 0 Å². The molecule has 1 aromatic heterocycles. The monoisotopic (exact) mass is 456 g/mol. The van der Waals surface area contributed by atoms with Crippen LogP contribution in [0.5, 0.6) is 5.75 Å². The summed E-state index contributed by atoms with van der Waals surface area (Å²) in [4.78, 5) is 16.0. The van der Waals surface area contributed by atoms with Gasteiger partial charge in [-0.25, -0.2) is 5.01 Å². The number of amides is 1. The number of rotatable bonds is 6. The van der Waals surface area contributed by atoms with E-state index < -0.39 is 0 Å². The van der Waals surface area contributed by atoms with Gasteiger partial charge in [0.15, 0.2) is 0 Å². The lowest BCUT2D eigenvalue weighted by Gasteiger charge is -2.17. The Morgan fingerprint density at radius 2 is 1.85 bits per heavy atom. The summed E-state index contributed by atoms with van der Waals surface area (Å²) in [6, 6.07) is 23.2. The molecule has 1 atom stereocenters. The number of anilines is 2. The van der Waals surface area contributed by atoms with Crippen molar-refractivity contribution in [3.63, 3.8) is 0 Å². The number of pyridine rings is 1. The third-order valence-electron chi connectivity index (χ3n) is 5.75. The minimum atomic E-state index is -0.129. The van der Waals surface area contributed by atoms with Gasteiger partial charge in [0.2, 0.25) is 6.41 Å². The highest BCUT2D eigenvalue weighted by Gasteiger charge is 2.28. The number of methoxy groups -OCH3 is 1. The number of carbonyl (C=O) groups is 1. The van der Waals surface area contributed by atoms with Crippen molar-refractivity contribution in [2.24, 2.45) is 5.10 Å². The molecule has 7 heteroatoms. The molecule has 164 valence electrons. The number of nitrogens with zero attached hydrogens (tertiary/aromatic N) is 3. The van der Waals surface area contributed by atoms with Gasteiger partial charge in [-0.15, -0.1) is 0 Å². The summed E-state index contributed by atoms with van der Waals surface area (Å²) < 4.78 is 5.23. The fourth-order valence-electron chi connectivity index (χ4n) is 4.03. The Balaban J connectivity index is 1.35. The molecule has 1 aliphatic heterocycles. The summed E-state index contributed by atoms with van der Waals surface area (Å²) in [5.74, 6) is 0.781. The van der Waals surface area contributed by atoms with Crippen molar-refractivity contribution in [2.45, 2.75) is 12.5 Å². The Hall–Kier alpha value is -3.90. The van der Waals surface area contributed by atoms with E-state index in [-0.39, 0.29) is 6.04 Å². The van der Waals surface area contributed by atoms with Crippen molar-refractivity contribution < 1.29 is 9.53 Å². The molecule has 5 rings (SSSR count). The van der Waals surface area contributed by atoms with Crippen molar-refractivity contribution in [1.82, 2.24) is 9.99 Å². The van der Waals surface area contributed by atoms with Crippen molar-refractivity contribution in [2.75, 3.05) is 12.4 Å². The number of aromatic nitrogens is 1. The van der Waals surface area contributed by atoms with Gasteiger partial charge in [0, 0.05) is 34.4 Å².